The number of likely N-dealkylation sites (tertiary alicyclic amines) is 1. The zero-order valence-electron chi connectivity index (χ0n) is 14.3. The highest BCUT2D eigenvalue weighted by Crippen LogP contribution is 2.47. The molecular formula is C18H23NO5. The number of hydrogen-bond acceptors (Lipinski definition) is 5. The van der Waals surface area contributed by atoms with Gasteiger partial charge < -0.3 is 9.64 Å². The van der Waals surface area contributed by atoms with E-state index < -0.39 is 23.1 Å². The Morgan fingerprint density at radius 1 is 1.33 bits per heavy atom. The van der Waals surface area contributed by atoms with Gasteiger partial charge in [-0.25, -0.2) is 9.78 Å². The van der Waals surface area contributed by atoms with Crippen molar-refractivity contribution in [2.45, 2.75) is 45.4 Å². The second-order valence-electron chi connectivity index (χ2n) is 6.97. The first kappa shape index (κ1) is 16.9. The third-order valence-corrected chi connectivity index (χ3v) is 4.56. The number of carbonyl (C=O) groups excluding carboxylic acids is 2. The van der Waals surface area contributed by atoms with E-state index in [0.717, 1.165) is 5.56 Å². The first-order valence-corrected chi connectivity index (χ1v) is 8.24. The van der Waals surface area contributed by atoms with Gasteiger partial charge in [0, 0.05) is 13.0 Å². The molecule has 3 rings (SSSR count). The maximum atomic E-state index is 13.2. The quantitative estimate of drug-likeness (QED) is 0.479. The van der Waals surface area contributed by atoms with Gasteiger partial charge in [-0.3, -0.25) is 9.59 Å². The number of carbonyl (C=O) groups is 2. The maximum Gasteiger partial charge on any atom is 0.324 e. The number of esters is 1. The molecule has 0 radical (unpaired) electrons. The average Bonchev–Trinajstić information content (AvgIpc) is 2.81. The van der Waals surface area contributed by atoms with E-state index in [1.807, 2.05) is 30.3 Å². The predicted octanol–water partition coefficient (Wildman–Crippen LogP) is 2.08. The second kappa shape index (κ2) is 6.18. The van der Waals surface area contributed by atoms with Crippen LogP contribution in [0.3, 0.4) is 0 Å². The lowest BCUT2D eigenvalue weighted by atomic mass is 9.74. The zero-order valence-corrected chi connectivity index (χ0v) is 14.3. The van der Waals surface area contributed by atoms with Gasteiger partial charge in [0.2, 0.25) is 5.91 Å². The van der Waals surface area contributed by atoms with E-state index in [-0.39, 0.29) is 18.9 Å². The molecule has 2 aliphatic rings. The second-order valence-corrected chi connectivity index (χ2v) is 6.97. The predicted molar refractivity (Wildman–Crippen MR) is 85.6 cm³/mol. The van der Waals surface area contributed by atoms with Gasteiger partial charge in [0.05, 0.1) is 18.8 Å². The van der Waals surface area contributed by atoms with E-state index >= 15 is 0 Å². The third-order valence-electron chi connectivity index (χ3n) is 4.56. The zero-order chi connectivity index (χ0) is 17.4. The van der Waals surface area contributed by atoms with Crippen molar-refractivity contribution in [1.29, 1.82) is 0 Å². The van der Waals surface area contributed by atoms with Gasteiger partial charge in [-0.1, -0.05) is 30.3 Å². The van der Waals surface area contributed by atoms with Crippen molar-refractivity contribution in [2.75, 3.05) is 13.2 Å². The molecule has 6 nitrogen and oxygen atoms in total. The number of nitrogens with zero attached hydrogens (tertiary/aromatic N) is 1. The number of rotatable bonds is 4. The van der Waals surface area contributed by atoms with Crippen LogP contribution in [0.1, 0.15) is 32.8 Å². The van der Waals surface area contributed by atoms with E-state index in [9.17, 15) is 9.59 Å². The normalized spacial score (nSPS) is 28.5. The van der Waals surface area contributed by atoms with Crippen LogP contribution in [0, 0.1) is 5.41 Å². The van der Waals surface area contributed by atoms with Crippen LogP contribution in [-0.4, -0.2) is 41.6 Å². The summed E-state index contributed by atoms with van der Waals surface area (Å²) >= 11 is 0. The van der Waals surface area contributed by atoms with Gasteiger partial charge in [-0.05, 0) is 26.3 Å². The van der Waals surface area contributed by atoms with Crippen LogP contribution in [-0.2, 0) is 30.6 Å². The minimum atomic E-state index is -1.33. The molecule has 1 aromatic carbocycles. The summed E-state index contributed by atoms with van der Waals surface area (Å²) in [6.45, 7) is 6.30. The summed E-state index contributed by atoms with van der Waals surface area (Å²) in [7, 11) is 0. The summed E-state index contributed by atoms with van der Waals surface area (Å²) in [5.41, 5.74) is -1.06. The molecular weight excluding hydrogens is 310 g/mol. The standard InChI is InChI=1S/C18H23NO5/c1-4-22-16(21)18-12-17(2,3)24-23-14(18)11-19(15(18)20)10-13-8-6-5-7-9-13/h5-9,14H,4,10-12H2,1-3H3. The van der Waals surface area contributed by atoms with Crippen LogP contribution in [0.2, 0.25) is 0 Å². The summed E-state index contributed by atoms with van der Waals surface area (Å²) in [5.74, 6) is -0.766. The van der Waals surface area contributed by atoms with E-state index in [4.69, 9.17) is 14.5 Å². The number of amides is 1. The van der Waals surface area contributed by atoms with Gasteiger partial charge in [-0.15, -0.1) is 0 Å². The molecule has 0 aromatic heterocycles. The molecule has 0 N–H and O–H groups in total. The van der Waals surface area contributed by atoms with Crippen molar-refractivity contribution < 1.29 is 24.1 Å². The Balaban J connectivity index is 1.91. The van der Waals surface area contributed by atoms with Crippen LogP contribution in [0.25, 0.3) is 0 Å². The Bertz CT molecular complexity index is 630. The SMILES string of the molecule is CCOC(=O)C12CC(C)(C)OOC1CN(Cc1ccccc1)C2=O. The summed E-state index contributed by atoms with van der Waals surface area (Å²) < 4.78 is 5.23. The van der Waals surface area contributed by atoms with E-state index in [0.29, 0.717) is 13.1 Å². The molecule has 1 aromatic rings. The highest BCUT2D eigenvalue weighted by molar-refractivity contribution is 6.05. The fourth-order valence-electron chi connectivity index (χ4n) is 3.54. The largest absolute Gasteiger partial charge is 0.465 e. The molecule has 130 valence electrons. The lowest BCUT2D eigenvalue weighted by molar-refractivity contribution is -0.414. The maximum absolute atomic E-state index is 13.2. The number of hydrogen-bond donors (Lipinski definition) is 0. The fourth-order valence-corrected chi connectivity index (χ4v) is 3.54. The van der Waals surface area contributed by atoms with Crippen LogP contribution in [0.15, 0.2) is 30.3 Å². The minimum absolute atomic E-state index is 0.223. The van der Waals surface area contributed by atoms with Crippen molar-refractivity contribution in [3.05, 3.63) is 35.9 Å². The Morgan fingerprint density at radius 3 is 2.71 bits per heavy atom. The number of benzene rings is 1. The molecule has 2 atom stereocenters. The van der Waals surface area contributed by atoms with Gasteiger partial charge in [0.1, 0.15) is 6.10 Å². The topological polar surface area (TPSA) is 65.1 Å². The molecule has 0 aliphatic carbocycles. The molecule has 6 heteroatoms. The summed E-state index contributed by atoms with van der Waals surface area (Å²) in [6.07, 6.45) is -0.408. The van der Waals surface area contributed by atoms with Crippen LogP contribution >= 0.6 is 0 Å². The molecule has 2 heterocycles. The van der Waals surface area contributed by atoms with Gasteiger partial charge in [0.25, 0.3) is 0 Å². The Hall–Kier alpha value is -1.92. The van der Waals surface area contributed by atoms with E-state index in [2.05, 4.69) is 0 Å². The first-order chi connectivity index (χ1) is 11.4. The molecule has 2 aliphatic heterocycles. The van der Waals surface area contributed by atoms with Crippen molar-refractivity contribution in [1.82, 2.24) is 4.90 Å². The number of ether oxygens (including phenoxy) is 1. The molecule has 0 bridgehead atoms. The smallest absolute Gasteiger partial charge is 0.324 e. The molecule has 0 spiro atoms. The summed E-state index contributed by atoms with van der Waals surface area (Å²) in [6, 6.07) is 9.68. The van der Waals surface area contributed by atoms with Crippen LogP contribution in [0.4, 0.5) is 0 Å². The van der Waals surface area contributed by atoms with Gasteiger partial charge in [-0.2, -0.15) is 0 Å². The molecule has 2 unspecified atom stereocenters. The van der Waals surface area contributed by atoms with Gasteiger partial charge >= 0.3 is 5.97 Å². The highest BCUT2D eigenvalue weighted by Gasteiger charge is 2.66. The average molecular weight is 333 g/mol. The minimum Gasteiger partial charge on any atom is -0.465 e. The molecule has 0 saturated carbocycles. The van der Waals surface area contributed by atoms with Crippen molar-refractivity contribution in [2.24, 2.45) is 5.41 Å². The van der Waals surface area contributed by atoms with E-state index in [1.165, 1.54) is 0 Å². The third kappa shape index (κ3) is 2.80. The van der Waals surface area contributed by atoms with Crippen molar-refractivity contribution in [3.63, 3.8) is 0 Å². The monoisotopic (exact) mass is 333 g/mol. The lowest BCUT2D eigenvalue weighted by Gasteiger charge is -2.41. The van der Waals surface area contributed by atoms with Crippen LogP contribution < -0.4 is 0 Å². The number of fused-ring (bicyclic) bond motifs is 1. The van der Waals surface area contributed by atoms with Crippen LogP contribution in [0.5, 0.6) is 0 Å². The fraction of sp³-hybridized carbons (Fsp3) is 0.556. The molecule has 2 fully saturated rings. The Labute approximate surface area is 141 Å². The summed E-state index contributed by atoms with van der Waals surface area (Å²) in [4.78, 5) is 38.4. The lowest BCUT2D eigenvalue weighted by Crippen LogP contribution is -2.56. The molecule has 24 heavy (non-hydrogen) atoms. The molecule has 2 saturated heterocycles. The first-order valence-electron chi connectivity index (χ1n) is 8.24. The summed E-state index contributed by atoms with van der Waals surface area (Å²) in [5, 5.41) is 0. The van der Waals surface area contributed by atoms with Gasteiger partial charge in [0.15, 0.2) is 5.41 Å². The Kier molecular flexibility index (Phi) is 4.36. The van der Waals surface area contributed by atoms with Crippen molar-refractivity contribution >= 4 is 11.9 Å². The highest BCUT2D eigenvalue weighted by atomic mass is 17.2. The van der Waals surface area contributed by atoms with E-state index in [1.54, 1.807) is 25.7 Å². The Morgan fingerprint density at radius 2 is 2.04 bits per heavy atom. The molecule has 1 amide bonds. The van der Waals surface area contributed by atoms with Crippen molar-refractivity contribution in [3.8, 4) is 0 Å².